The lowest BCUT2D eigenvalue weighted by atomic mass is 10.2. The van der Waals surface area contributed by atoms with Crippen molar-refractivity contribution < 1.29 is 22.7 Å². The number of carbonyl (C=O) groups is 1. The molecule has 0 unspecified atom stereocenters. The molecule has 0 aliphatic carbocycles. The van der Waals surface area contributed by atoms with E-state index >= 15 is 0 Å². The quantitative estimate of drug-likeness (QED) is 0.639. The maximum absolute atomic E-state index is 12.8. The minimum Gasteiger partial charge on any atom is -0.497 e. The number of halogens is 3. The van der Waals surface area contributed by atoms with E-state index in [1.807, 2.05) is 18.2 Å². The highest BCUT2D eigenvalue weighted by Crippen LogP contribution is 2.30. The van der Waals surface area contributed by atoms with Gasteiger partial charge in [-0.2, -0.15) is 13.2 Å². The van der Waals surface area contributed by atoms with Crippen molar-refractivity contribution in [3.8, 4) is 5.75 Å². The van der Waals surface area contributed by atoms with Crippen molar-refractivity contribution >= 4 is 23.0 Å². The van der Waals surface area contributed by atoms with Crippen molar-refractivity contribution in [3.63, 3.8) is 0 Å². The summed E-state index contributed by atoms with van der Waals surface area (Å²) in [5.41, 5.74) is 0.705. The molecular weight excluding hydrogens is 371 g/mol. The first-order valence-electron chi connectivity index (χ1n) is 8.21. The molecule has 2 aromatic carbocycles. The highest BCUT2D eigenvalue weighted by molar-refractivity contribution is 6.03. The second-order valence-electron chi connectivity index (χ2n) is 5.82. The Morgan fingerprint density at radius 1 is 0.964 bits per heavy atom. The molecule has 3 aromatic rings. The van der Waals surface area contributed by atoms with Gasteiger partial charge in [0.15, 0.2) is 0 Å². The summed E-state index contributed by atoms with van der Waals surface area (Å²) in [6, 6.07) is 14.8. The summed E-state index contributed by atoms with van der Waals surface area (Å²) in [4.78, 5) is 16.3. The van der Waals surface area contributed by atoms with E-state index in [9.17, 15) is 18.0 Å². The second kappa shape index (κ2) is 7.99. The van der Waals surface area contributed by atoms with Gasteiger partial charge in [-0.1, -0.05) is 12.1 Å². The Balaban J connectivity index is 1.68. The van der Waals surface area contributed by atoms with Crippen molar-refractivity contribution in [2.75, 3.05) is 17.7 Å². The van der Waals surface area contributed by atoms with Crippen molar-refractivity contribution in [1.29, 1.82) is 0 Å². The van der Waals surface area contributed by atoms with E-state index in [1.165, 1.54) is 24.4 Å². The van der Waals surface area contributed by atoms with Crippen LogP contribution in [-0.2, 0) is 6.18 Å². The molecule has 1 amide bonds. The van der Waals surface area contributed by atoms with Gasteiger partial charge in [-0.15, -0.1) is 0 Å². The van der Waals surface area contributed by atoms with Crippen LogP contribution in [0.5, 0.6) is 5.75 Å². The molecule has 3 rings (SSSR count). The zero-order valence-electron chi connectivity index (χ0n) is 14.7. The van der Waals surface area contributed by atoms with Crippen molar-refractivity contribution in [2.24, 2.45) is 0 Å². The van der Waals surface area contributed by atoms with E-state index in [-0.39, 0.29) is 11.4 Å². The number of hydrogen-bond acceptors (Lipinski definition) is 4. The molecule has 2 N–H and O–H groups in total. The number of ether oxygens (including phenoxy) is 1. The van der Waals surface area contributed by atoms with Gasteiger partial charge >= 0.3 is 6.18 Å². The number of benzene rings is 2. The van der Waals surface area contributed by atoms with E-state index in [0.29, 0.717) is 11.4 Å². The number of pyridine rings is 1. The van der Waals surface area contributed by atoms with Crippen LogP contribution in [0.2, 0.25) is 0 Å². The van der Waals surface area contributed by atoms with Crippen LogP contribution in [0.3, 0.4) is 0 Å². The van der Waals surface area contributed by atoms with Gasteiger partial charge in [0.1, 0.15) is 11.4 Å². The average molecular weight is 387 g/mol. The number of methoxy groups -OCH3 is 1. The van der Waals surface area contributed by atoms with Crippen molar-refractivity contribution in [1.82, 2.24) is 4.98 Å². The molecule has 0 fully saturated rings. The maximum atomic E-state index is 12.8. The molecule has 0 saturated carbocycles. The van der Waals surface area contributed by atoms with E-state index in [0.717, 1.165) is 17.8 Å². The van der Waals surface area contributed by atoms with E-state index in [4.69, 9.17) is 4.74 Å². The summed E-state index contributed by atoms with van der Waals surface area (Å²) in [6.07, 6.45) is -3.02. The summed E-state index contributed by atoms with van der Waals surface area (Å²) in [7, 11) is 1.57. The number of amides is 1. The molecule has 0 saturated heterocycles. The Morgan fingerprint density at radius 3 is 2.39 bits per heavy atom. The van der Waals surface area contributed by atoms with E-state index < -0.39 is 17.6 Å². The Kier molecular flexibility index (Phi) is 5.49. The van der Waals surface area contributed by atoms with Crippen molar-refractivity contribution in [3.05, 3.63) is 78.1 Å². The summed E-state index contributed by atoms with van der Waals surface area (Å²) in [5.74, 6) is 0.0855. The molecule has 144 valence electrons. The number of hydrogen-bond donors (Lipinski definition) is 2. The number of alkyl halides is 3. The summed E-state index contributed by atoms with van der Waals surface area (Å²) >= 11 is 0. The summed E-state index contributed by atoms with van der Waals surface area (Å²) < 4.78 is 43.4. The number of aromatic nitrogens is 1. The highest BCUT2D eigenvalue weighted by atomic mass is 19.4. The standard InChI is InChI=1S/C20H16F3N3O2/c1-28-17-7-3-6-15(11-17)25-16-8-9-18(24-12-16)19(27)26-14-5-2-4-13(10-14)20(21,22)23/h2-12,25H,1H3,(H,26,27). The molecular formula is C20H16F3N3O2. The van der Waals surface area contributed by atoms with Crippen LogP contribution in [0.1, 0.15) is 16.1 Å². The number of carbonyl (C=O) groups excluding carboxylic acids is 1. The molecule has 1 heterocycles. The molecule has 5 nitrogen and oxygen atoms in total. The van der Waals surface area contributed by atoms with Crippen LogP contribution in [0.25, 0.3) is 0 Å². The minimum atomic E-state index is -4.48. The Bertz CT molecular complexity index is 973. The third kappa shape index (κ3) is 4.79. The van der Waals surface area contributed by atoms with Gasteiger partial charge in [-0.05, 0) is 42.5 Å². The van der Waals surface area contributed by atoms with Crippen LogP contribution in [0.4, 0.5) is 30.2 Å². The average Bonchev–Trinajstić information content (AvgIpc) is 2.68. The minimum absolute atomic E-state index is 0.0419. The van der Waals surface area contributed by atoms with Crippen LogP contribution in [-0.4, -0.2) is 18.0 Å². The Hall–Kier alpha value is -3.55. The van der Waals surface area contributed by atoms with Gasteiger partial charge < -0.3 is 15.4 Å². The Morgan fingerprint density at radius 2 is 1.71 bits per heavy atom. The molecule has 0 bridgehead atoms. The summed E-state index contributed by atoms with van der Waals surface area (Å²) in [6.45, 7) is 0. The third-order valence-corrected chi connectivity index (χ3v) is 3.80. The lowest BCUT2D eigenvalue weighted by Gasteiger charge is -2.10. The normalized spacial score (nSPS) is 11.0. The largest absolute Gasteiger partial charge is 0.497 e. The molecule has 0 aliphatic rings. The van der Waals surface area contributed by atoms with Gasteiger partial charge in [-0.25, -0.2) is 4.98 Å². The molecule has 28 heavy (non-hydrogen) atoms. The molecule has 0 aliphatic heterocycles. The van der Waals surface area contributed by atoms with Crippen LogP contribution < -0.4 is 15.4 Å². The lowest BCUT2D eigenvalue weighted by molar-refractivity contribution is -0.137. The lowest BCUT2D eigenvalue weighted by Crippen LogP contribution is -2.14. The van der Waals surface area contributed by atoms with E-state index in [1.54, 1.807) is 19.2 Å². The molecule has 0 radical (unpaired) electrons. The summed E-state index contributed by atoms with van der Waals surface area (Å²) in [5, 5.41) is 5.54. The fourth-order valence-electron chi connectivity index (χ4n) is 2.44. The predicted molar refractivity (Wildman–Crippen MR) is 99.9 cm³/mol. The first-order chi connectivity index (χ1) is 13.3. The van der Waals surface area contributed by atoms with Gasteiger partial charge in [0, 0.05) is 17.4 Å². The van der Waals surface area contributed by atoms with Crippen LogP contribution >= 0.6 is 0 Å². The fourth-order valence-corrected chi connectivity index (χ4v) is 2.44. The van der Waals surface area contributed by atoms with Gasteiger partial charge in [0.25, 0.3) is 5.91 Å². The third-order valence-electron chi connectivity index (χ3n) is 3.80. The zero-order chi connectivity index (χ0) is 20.1. The van der Waals surface area contributed by atoms with Gasteiger partial charge in [0.05, 0.1) is 24.6 Å². The monoisotopic (exact) mass is 387 g/mol. The van der Waals surface area contributed by atoms with Crippen LogP contribution in [0.15, 0.2) is 66.9 Å². The topological polar surface area (TPSA) is 63.2 Å². The molecule has 1 aromatic heterocycles. The highest BCUT2D eigenvalue weighted by Gasteiger charge is 2.30. The predicted octanol–water partition coefficient (Wildman–Crippen LogP) is 5.10. The molecule has 0 spiro atoms. The van der Waals surface area contributed by atoms with E-state index in [2.05, 4.69) is 15.6 Å². The Labute approximate surface area is 159 Å². The van der Waals surface area contributed by atoms with Gasteiger partial charge in [0.2, 0.25) is 0 Å². The zero-order valence-corrected chi connectivity index (χ0v) is 14.7. The smallest absolute Gasteiger partial charge is 0.416 e. The van der Waals surface area contributed by atoms with Crippen molar-refractivity contribution in [2.45, 2.75) is 6.18 Å². The first kappa shape index (κ1) is 19.2. The first-order valence-corrected chi connectivity index (χ1v) is 8.21. The molecule has 0 atom stereocenters. The number of rotatable bonds is 5. The molecule has 8 heteroatoms. The number of nitrogens with zero attached hydrogens (tertiary/aromatic N) is 1. The van der Waals surface area contributed by atoms with Gasteiger partial charge in [-0.3, -0.25) is 4.79 Å². The number of nitrogens with one attached hydrogen (secondary N) is 2. The number of anilines is 3. The SMILES string of the molecule is COc1cccc(Nc2ccc(C(=O)Nc3cccc(C(F)(F)F)c3)nc2)c1. The fraction of sp³-hybridized carbons (Fsp3) is 0.100. The second-order valence-corrected chi connectivity index (χ2v) is 5.82. The van der Waals surface area contributed by atoms with Crippen LogP contribution in [0, 0.1) is 0 Å². The maximum Gasteiger partial charge on any atom is 0.416 e.